The molecule has 154 valence electrons. The molecule has 1 fully saturated rings. The molecule has 0 radical (unpaired) electrons. The smallest absolute Gasteiger partial charge is 0.226 e. The standard InChI is InChI=1S/C24H24FN3O2/c25-21-11-5-4-10-20(21)24-23(26-13-14-27-24)18-7-6-15-28(17-18)22(29)12-16-30-19-8-2-1-3-9-19/h1-5,8-11,13-14,18H,6-7,12,15-17H2/t18-/m0/s1. The molecular formula is C24H24FN3O2. The third-order valence-electron chi connectivity index (χ3n) is 5.34. The van der Waals surface area contributed by atoms with E-state index in [1.807, 2.05) is 35.2 Å². The van der Waals surface area contributed by atoms with Crippen LogP contribution < -0.4 is 4.74 Å². The van der Waals surface area contributed by atoms with Gasteiger partial charge in [-0.25, -0.2) is 4.39 Å². The highest BCUT2D eigenvalue weighted by Crippen LogP contribution is 2.32. The number of benzene rings is 2. The van der Waals surface area contributed by atoms with Gasteiger partial charge in [0.2, 0.25) is 5.91 Å². The van der Waals surface area contributed by atoms with E-state index < -0.39 is 0 Å². The van der Waals surface area contributed by atoms with E-state index in [0.717, 1.165) is 30.8 Å². The summed E-state index contributed by atoms with van der Waals surface area (Å²) in [6, 6.07) is 16.1. The van der Waals surface area contributed by atoms with Gasteiger partial charge in [0.15, 0.2) is 0 Å². The van der Waals surface area contributed by atoms with Gasteiger partial charge < -0.3 is 9.64 Å². The van der Waals surface area contributed by atoms with Crippen LogP contribution in [0.15, 0.2) is 67.0 Å². The fourth-order valence-electron chi connectivity index (χ4n) is 3.87. The maximum absolute atomic E-state index is 14.4. The molecule has 1 saturated heterocycles. The van der Waals surface area contributed by atoms with Gasteiger partial charge >= 0.3 is 0 Å². The highest BCUT2D eigenvalue weighted by molar-refractivity contribution is 5.76. The number of nitrogens with zero attached hydrogens (tertiary/aromatic N) is 3. The average molecular weight is 405 g/mol. The highest BCUT2D eigenvalue weighted by Gasteiger charge is 2.28. The third-order valence-corrected chi connectivity index (χ3v) is 5.34. The molecule has 0 bridgehead atoms. The van der Waals surface area contributed by atoms with E-state index >= 15 is 0 Å². The molecular weight excluding hydrogens is 381 g/mol. The lowest BCUT2D eigenvalue weighted by Crippen LogP contribution is -2.40. The van der Waals surface area contributed by atoms with Gasteiger partial charge in [-0.3, -0.25) is 14.8 Å². The van der Waals surface area contributed by atoms with Crippen molar-refractivity contribution in [2.24, 2.45) is 0 Å². The monoisotopic (exact) mass is 405 g/mol. The maximum Gasteiger partial charge on any atom is 0.226 e. The van der Waals surface area contributed by atoms with Crippen molar-refractivity contribution in [1.29, 1.82) is 0 Å². The van der Waals surface area contributed by atoms with E-state index in [-0.39, 0.29) is 17.6 Å². The molecule has 5 nitrogen and oxygen atoms in total. The van der Waals surface area contributed by atoms with Crippen LogP contribution in [0.4, 0.5) is 4.39 Å². The van der Waals surface area contributed by atoms with Gasteiger partial charge in [-0.05, 0) is 37.1 Å². The summed E-state index contributed by atoms with van der Waals surface area (Å²) >= 11 is 0. The van der Waals surface area contributed by atoms with Crippen molar-refractivity contribution >= 4 is 5.91 Å². The van der Waals surface area contributed by atoms with Gasteiger partial charge in [0, 0.05) is 37.0 Å². The van der Waals surface area contributed by atoms with Crippen molar-refractivity contribution in [2.75, 3.05) is 19.7 Å². The average Bonchev–Trinajstić information content (AvgIpc) is 2.80. The van der Waals surface area contributed by atoms with Crippen molar-refractivity contribution in [3.63, 3.8) is 0 Å². The Bertz CT molecular complexity index is 997. The Morgan fingerprint density at radius 3 is 2.67 bits per heavy atom. The fraction of sp³-hybridized carbons (Fsp3) is 0.292. The number of ether oxygens (including phenoxy) is 1. The lowest BCUT2D eigenvalue weighted by Gasteiger charge is -2.33. The van der Waals surface area contributed by atoms with Crippen LogP contribution in [0.3, 0.4) is 0 Å². The van der Waals surface area contributed by atoms with Gasteiger partial charge in [0.05, 0.1) is 24.4 Å². The fourth-order valence-corrected chi connectivity index (χ4v) is 3.87. The molecule has 0 saturated carbocycles. The number of rotatable bonds is 6. The molecule has 1 atom stereocenters. The van der Waals surface area contributed by atoms with Gasteiger partial charge in [0.1, 0.15) is 11.6 Å². The number of carbonyl (C=O) groups is 1. The molecule has 0 N–H and O–H groups in total. The Kier molecular flexibility index (Phi) is 6.32. The summed E-state index contributed by atoms with van der Waals surface area (Å²) in [4.78, 5) is 23.5. The van der Waals surface area contributed by atoms with Crippen molar-refractivity contribution in [3.05, 3.63) is 78.5 Å². The van der Waals surface area contributed by atoms with Gasteiger partial charge in [0.25, 0.3) is 0 Å². The molecule has 0 aliphatic carbocycles. The second kappa shape index (κ2) is 9.48. The highest BCUT2D eigenvalue weighted by atomic mass is 19.1. The van der Waals surface area contributed by atoms with Crippen molar-refractivity contribution in [1.82, 2.24) is 14.9 Å². The Morgan fingerprint density at radius 2 is 1.83 bits per heavy atom. The van der Waals surface area contributed by atoms with E-state index in [1.54, 1.807) is 30.6 Å². The normalized spacial score (nSPS) is 16.3. The minimum atomic E-state index is -0.318. The molecule has 1 amide bonds. The maximum atomic E-state index is 14.4. The largest absolute Gasteiger partial charge is 0.493 e. The van der Waals surface area contributed by atoms with E-state index in [0.29, 0.717) is 30.8 Å². The summed E-state index contributed by atoms with van der Waals surface area (Å²) in [6.07, 6.45) is 5.31. The van der Waals surface area contributed by atoms with Crippen molar-refractivity contribution in [2.45, 2.75) is 25.2 Å². The summed E-state index contributed by atoms with van der Waals surface area (Å²) in [6.45, 7) is 1.62. The van der Waals surface area contributed by atoms with E-state index in [4.69, 9.17) is 4.74 Å². The topological polar surface area (TPSA) is 55.3 Å². The van der Waals surface area contributed by atoms with Crippen LogP contribution in [0.1, 0.15) is 30.9 Å². The summed E-state index contributed by atoms with van der Waals surface area (Å²) in [7, 11) is 0. The summed E-state index contributed by atoms with van der Waals surface area (Å²) in [5.74, 6) is 0.532. The van der Waals surface area contributed by atoms with Crippen molar-refractivity contribution < 1.29 is 13.9 Å². The number of likely N-dealkylation sites (tertiary alicyclic amines) is 1. The molecule has 4 rings (SSSR count). The van der Waals surface area contributed by atoms with Crippen LogP contribution >= 0.6 is 0 Å². The zero-order chi connectivity index (χ0) is 20.8. The first-order valence-electron chi connectivity index (χ1n) is 10.2. The molecule has 3 aromatic rings. The van der Waals surface area contributed by atoms with E-state index in [9.17, 15) is 9.18 Å². The lowest BCUT2D eigenvalue weighted by molar-refractivity contribution is -0.132. The first kappa shape index (κ1) is 20.0. The first-order valence-corrected chi connectivity index (χ1v) is 10.2. The van der Waals surface area contributed by atoms with Crippen LogP contribution in [-0.2, 0) is 4.79 Å². The van der Waals surface area contributed by atoms with E-state index in [2.05, 4.69) is 9.97 Å². The number of aromatic nitrogens is 2. The summed E-state index contributed by atoms with van der Waals surface area (Å²) in [5, 5.41) is 0. The van der Waals surface area contributed by atoms with Crippen molar-refractivity contribution in [3.8, 4) is 17.0 Å². The summed E-state index contributed by atoms with van der Waals surface area (Å²) in [5.41, 5.74) is 1.75. The number of hydrogen-bond donors (Lipinski definition) is 0. The zero-order valence-electron chi connectivity index (χ0n) is 16.7. The first-order chi connectivity index (χ1) is 14.7. The third kappa shape index (κ3) is 4.64. The Labute approximate surface area is 175 Å². The van der Waals surface area contributed by atoms with Crippen LogP contribution in [0.2, 0.25) is 0 Å². The Hall–Kier alpha value is -3.28. The zero-order valence-corrected chi connectivity index (χ0v) is 16.7. The molecule has 1 aliphatic heterocycles. The molecule has 2 aromatic carbocycles. The molecule has 1 aromatic heterocycles. The van der Waals surface area contributed by atoms with Gasteiger partial charge in [-0.15, -0.1) is 0 Å². The number of piperidine rings is 1. The van der Waals surface area contributed by atoms with Crippen LogP contribution in [0.25, 0.3) is 11.3 Å². The SMILES string of the molecule is O=C(CCOc1ccccc1)N1CCC[C@H](c2nccnc2-c2ccccc2F)C1. The second-order valence-corrected chi connectivity index (χ2v) is 7.36. The number of para-hydroxylation sites is 1. The molecule has 1 aliphatic rings. The summed E-state index contributed by atoms with van der Waals surface area (Å²) < 4.78 is 20.0. The Morgan fingerprint density at radius 1 is 1.07 bits per heavy atom. The molecule has 2 heterocycles. The van der Waals surface area contributed by atoms with Gasteiger partial charge in [-0.1, -0.05) is 30.3 Å². The van der Waals surface area contributed by atoms with Gasteiger partial charge in [-0.2, -0.15) is 0 Å². The number of amides is 1. The van der Waals surface area contributed by atoms with Crippen LogP contribution in [0.5, 0.6) is 5.75 Å². The molecule has 6 heteroatoms. The quantitative estimate of drug-likeness (QED) is 0.608. The van der Waals surface area contributed by atoms with E-state index in [1.165, 1.54) is 6.07 Å². The number of halogens is 1. The molecule has 0 unspecified atom stereocenters. The number of carbonyl (C=O) groups excluding carboxylic acids is 1. The second-order valence-electron chi connectivity index (χ2n) is 7.36. The minimum absolute atomic E-state index is 0.0287. The number of hydrogen-bond acceptors (Lipinski definition) is 4. The van der Waals surface area contributed by atoms with Crippen LogP contribution in [-0.4, -0.2) is 40.5 Å². The lowest BCUT2D eigenvalue weighted by atomic mass is 9.91. The minimum Gasteiger partial charge on any atom is -0.493 e. The molecule has 30 heavy (non-hydrogen) atoms. The predicted molar refractivity (Wildman–Crippen MR) is 113 cm³/mol. The van der Waals surface area contributed by atoms with Crippen LogP contribution in [0, 0.1) is 5.82 Å². The predicted octanol–water partition coefficient (Wildman–Crippen LogP) is 4.46. The Balaban J connectivity index is 1.43. The molecule has 0 spiro atoms.